The number of hydrogen-bond acceptors (Lipinski definition) is 5. The zero-order valence-electron chi connectivity index (χ0n) is 19.1. The average Bonchev–Trinajstić information content (AvgIpc) is 3.23. The second kappa shape index (κ2) is 9.46. The van der Waals surface area contributed by atoms with Gasteiger partial charge in [-0.15, -0.1) is 0 Å². The molecular weight excluding hydrogens is 484 g/mol. The minimum absolute atomic E-state index is 0.104. The molecule has 0 saturated heterocycles. The number of nitrogen functional groups attached to an aromatic ring is 1. The van der Waals surface area contributed by atoms with Crippen molar-refractivity contribution in [1.82, 2.24) is 15.0 Å². The van der Waals surface area contributed by atoms with Crippen molar-refractivity contribution in [3.8, 4) is 11.1 Å². The van der Waals surface area contributed by atoms with E-state index in [1.54, 1.807) is 30.6 Å². The normalized spacial score (nSPS) is 12.2. The molecule has 36 heavy (non-hydrogen) atoms. The van der Waals surface area contributed by atoms with Gasteiger partial charge in [0.1, 0.15) is 28.3 Å². The van der Waals surface area contributed by atoms with E-state index in [-0.39, 0.29) is 11.3 Å². The minimum Gasteiger partial charge on any atom is -0.384 e. The van der Waals surface area contributed by atoms with E-state index in [1.165, 1.54) is 6.07 Å². The Kier molecular flexibility index (Phi) is 6.19. The standard InChI is InChI=1S/C26H21F2N5O2S/c1-2-9-36(35)33-21-7-5-19(27)23(24(21)28)25(34)14-3-6-20-17(10-14)18-11-16(13-31-26(18)32-20)15-4-8-22(29)30-12-15/h3-8,10-13,33H,2,9H2,1H3,(H2,29,30)(H,31,32). The largest absolute Gasteiger partial charge is 0.384 e. The van der Waals surface area contributed by atoms with Gasteiger partial charge in [0.25, 0.3) is 0 Å². The summed E-state index contributed by atoms with van der Waals surface area (Å²) in [5.41, 5.74) is 7.81. The first-order valence-corrected chi connectivity index (χ1v) is 12.5. The predicted octanol–water partition coefficient (Wildman–Crippen LogP) is 5.36. The van der Waals surface area contributed by atoms with E-state index in [1.807, 2.05) is 19.1 Å². The number of fused-ring (bicyclic) bond motifs is 3. The number of benzene rings is 2. The molecule has 0 radical (unpaired) electrons. The van der Waals surface area contributed by atoms with Crippen LogP contribution in [0.25, 0.3) is 33.1 Å². The number of nitrogens with zero attached hydrogens (tertiary/aromatic N) is 2. The number of hydrogen-bond donors (Lipinski definition) is 3. The monoisotopic (exact) mass is 505 g/mol. The lowest BCUT2D eigenvalue weighted by molar-refractivity contribution is 0.103. The van der Waals surface area contributed by atoms with Crippen LogP contribution in [0.5, 0.6) is 0 Å². The number of aromatic amines is 1. The zero-order valence-corrected chi connectivity index (χ0v) is 20.0. The highest BCUT2D eigenvalue weighted by Gasteiger charge is 2.23. The number of rotatable bonds is 7. The summed E-state index contributed by atoms with van der Waals surface area (Å²) in [6.07, 6.45) is 3.95. The summed E-state index contributed by atoms with van der Waals surface area (Å²) >= 11 is 0. The van der Waals surface area contributed by atoms with E-state index in [4.69, 9.17) is 5.73 Å². The van der Waals surface area contributed by atoms with Gasteiger partial charge in [0.2, 0.25) is 0 Å². The van der Waals surface area contributed by atoms with Crippen LogP contribution in [0.3, 0.4) is 0 Å². The molecule has 5 rings (SSSR count). The van der Waals surface area contributed by atoms with Crippen LogP contribution in [-0.4, -0.2) is 30.7 Å². The van der Waals surface area contributed by atoms with E-state index in [0.29, 0.717) is 34.5 Å². The van der Waals surface area contributed by atoms with Crippen LogP contribution in [0, 0.1) is 11.6 Å². The molecule has 1 atom stereocenters. The Labute approximate surface area is 207 Å². The summed E-state index contributed by atoms with van der Waals surface area (Å²) in [4.78, 5) is 25.0. The lowest BCUT2D eigenvalue weighted by Crippen LogP contribution is -2.13. The smallest absolute Gasteiger partial charge is 0.199 e. The van der Waals surface area contributed by atoms with Crippen LogP contribution in [-0.2, 0) is 11.0 Å². The summed E-state index contributed by atoms with van der Waals surface area (Å²) in [5.74, 6) is -2.21. The second-order valence-corrected chi connectivity index (χ2v) is 9.55. The molecule has 3 heterocycles. The minimum atomic E-state index is -1.55. The lowest BCUT2D eigenvalue weighted by Gasteiger charge is -2.11. The zero-order chi connectivity index (χ0) is 25.4. The summed E-state index contributed by atoms with van der Waals surface area (Å²) in [5, 5.41) is 1.41. The highest BCUT2D eigenvalue weighted by Crippen LogP contribution is 2.31. The maximum absolute atomic E-state index is 15.2. The van der Waals surface area contributed by atoms with Gasteiger partial charge < -0.3 is 15.4 Å². The number of H-pyrrole nitrogens is 1. The molecule has 2 aromatic carbocycles. The maximum Gasteiger partial charge on any atom is 0.199 e. The van der Waals surface area contributed by atoms with E-state index >= 15 is 4.39 Å². The van der Waals surface area contributed by atoms with Gasteiger partial charge in [-0.2, -0.15) is 0 Å². The molecule has 0 aliphatic heterocycles. The van der Waals surface area contributed by atoms with Crippen molar-refractivity contribution in [2.75, 3.05) is 16.2 Å². The molecule has 4 N–H and O–H groups in total. The van der Waals surface area contributed by atoms with Crippen LogP contribution in [0.4, 0.5) is 20.3 Å². The van der Waals surface area contributed by atoms with Gasteiger partial charge in [-0.1, -0.05) is 6.92 Å². The van der Waals surface area contributed by atoms with Gasteiger partial charge in [-0.3, -0.25) is 4.79 Å². The van der Waals surface area contributed by atoms with Crippen LogP contribution in [0.15, 0.2) is 60.9 Å². The molecular formula is C26H21F2N5O2S. The van der Waals surface area contributed by atoms with Gasteiger partial charge in [0, 0.05) is 51.1 Å². The third-order valence-electron chi connectivity index (χ3n) is 5.76. The van der Waals surface area contributed by atoms with Gasteiger partial charge in [0.05, 0.1) is 11.3 Å². The van der Waals surface area contributed by atoms with E-state index in [9.17, 15) is 13.4 Å². The van der Waals surface area contributed by atoms with E-state index in [2.05, 4.69) is 19.7 Å². The highest BCUT2D eigenvalue weighted by molar-refractivity contribution is 7.86. The Morgan fingerprint density at radius 3 is 2.58 bits per heavy atom. The third-order valence-corrected chi connectivity index (χ3v) is 6.99. The number of nitrogens with two attached hydrogens (primary N) is 1. The average molecular weight is 506 g/mol. The van der Waals surface area contributed by atoms with E-state index in [0.717, 1.165) is 28.6 Å². The van der Waals surface area contributed by atoms with Crippen molar-refractivity contribution in [3.63, 3.8) is 0 Å². The Bertz CT molecular complexity index is 1650. The number of nitrogens with one attached hydrogen (secondary N) is 2. The van der Waals surface area contributed by atoms with Gasteiger partial charge in [-0.05, 0) is 55.0 Å². The molecule has 1 unspecified atom stereocenters. The van der Waals surface area contributed by atoms with Crippen molar-refractivity contribution >= 4 is 50.2 Å². The highest BCUT2D eigenvalue weighted by atomic mass is 32.2. The molecule has 0 bridgehead atoms. The number of halogens is 2. The Morgan fingerprint density at radius 2 is 1.83 bits per heavy atom. The topological polar surface area (TPSA) is 114 Å². The number of carbonyl (C=O) groups is 1. The van der Waals surface area contributed by atoms with E-state index < -0.39 is 34.0 Å². The van der Waals surface area contributed by atoms with Crippen molar-refractivity contribution in [2.24, 2.45) is 0 Å². The molecule has 0 amide bonds. The molecule has 0 fully saturated rings. The molecule has 3 aromatic heterocycles. The lowest BCUT2D eigenvalue weighted by atomic mass is 9.99. The number of pyridine rings is 2. The Morgan fingerprint density at radius 1 is 1.03 bits per heavy atom. The fourth-order valence-corrected chi connectivity index (χ4v) is 4.87. The fourth-order valence-electron chi connectivity index (χ4n) is 3.99. The van der Waals surface area contributed by atoms with Crippen LogP contribution in [0.1, 0.15) is 29.3 Å². The van der Waals surface area contributed by atoms with Gasteiger partial charge in [-0.25, -0.2) is 23.0 Å². The summed E-state index contributed by atoms with van der Waals surface area (Å²) in [6, 6.07) is 12.3. The molecule has 0 aliphatic rings. The number of ketones is 1. The predicted molar refractivity (Wildman–Crippen MR) is 138 cm³/mol. The Balaban J connectivity index is 1.57. The molecule has 10 heteroatoms. The van der Waals surface area contributed by atoms with Crippen LogP contribution < -0.4 is 10.5 Å². The Hall–Kier alpha value is -4.18. The quantitative estimate of drug-likeness (QED) is 0.258. The number of aromatic nitrogens is 3. The molecule has 0 spiro atoms. The summed E-state index contributed by atoms with van der Waals surface area (Å²) < 4.78 is 44.3. The SMILES string of the molecule is CCCS(=O)Nc1ccc(F)c(C(=O)c2ccc3[nH]c4ncc(-c5ccc(N)nc5)cc4c3c2)c1F. The van der Waals surface area contributed by atoms with Crippen molar-refractivity contribution < 1.29 is 17.8 Å². The molecule has 0 saturated carbocycles. The second-order valence-electron chi connectivity index (χ2n) is 8.24. The van der Waals surface area contributed by atoms with Gasteiger partial charge in [0.15, 0.2) is 11.6 Å². The molecule has 7 nitrogen and oxygen atoms in total. The summed E-state index contributed by atoms with van der Waals surface area (Å²) in [6.45, 7) is 1.83. The van der Waals surface area contributed by atoms with Gasteiger partial charge >= 0.3 is 0 Å². The first-order valence-electron chi connectivity index (χ1n) is 11.2. The third kappa shape index (κ3) is 4.31. The molecule has 0 aliphatic carbocycles. The number of anilines is 2. The van der Waals surface area contributed by atoms with Crippen molar-refractivity contribution in [1.29, 1.82) is 0 Å². The molecule has 5 aromatic rings. The van der Waals surface area contributed by atoms with Crippen molar-refractivity contribution in [2.45, 2.75) is 13.3 Å². The first kappa shape index (κ1) is 23.6. The number of carbonyl (C=O) groups excluding carboxylic acids is 1. The fraction of sp³-hybridized carbons (Fsp3) is 0.115. The van der Waals surface area contributed by atoms with Crippen molar-refractivity contribution in [3.05, 3.63) is 83.7 Å². The maximum atomic E-state index is 15.2. The molecule has 182 valence electrons. The van der Waals surface area contributed by atoms with Crippen LogP contribution in [0.2, 0.25) is 0 Å². The van der Waals surface area contributed by atoms with Crippen LogP contribution >= 0.6 is 0 Å². The summed E-state index contributed by atoms with van der Waals surface area (Å²) in [7, 11) is -1.55. The first-order chi connectivity index (χ1) is 17.4.